The molecule has 2 aromatic carbocycles. The number of methoxy groups -OCH3 is 4. The Bertz CT molecular complexity index is 862. The molecule has 34 heavy (non-hydrogen) atoms. The summed E-state index contributed by atoms with van der Waals surface area (Å²) in [6.45, 7) is 4.77. The largest absolute Gasteiger partial charge is 0.497 e. The topological polar surface area (TPSA) is 63.6 Å². The molecule has 1 heterocycles. The number of hydrogen-bond donors (Lipinski definition) is 1. The predicted octanol–water partition coefficient (Wildman–Crippen LogP) is 4.15. The van der Waals surface area contributed by atoms with Gasteiger partial charge in [-0.15, -0.1) is 24.8 Å². The fraction of sp³-hybridized carbons (Fsp3) is 0.440. The van der Waals surface area contributed by atoms with Crippen molar-refractivity contribution in [3.63, 3.8) is 0 Å². The smallest absolute Gasteiger partial charge is 0.203 e. The molecule has 1 atom stereocenters. The normalized spacial score (nSPS) is 14.7. The first kappa shape index (κ1) is 29.7. The standard InChI is InChI=1S/C25H34N2O5.2ClH/c1-29-22-9-6-20(7-10-22)27-15-13-26(14-16-27)12-11-21(28)8-5-19-17-23(30-2)25(32-4)24(18-19)31-3;;/h5-10,17-18,21,28H,11-16H2,1-4H3;2*1H/b8-5+;;. The lowest BCUT2D eigenvalue weighted by Gasteiger charge is -2.36. The average Bonchev–Trinajstić information content (AvgIpc) is 2.85. The van der Waals surface area contributed by atoms with Gasteiger partial charge < -0.3 is 29.0 Å². The number of aliphatic hydroxyl groups excluding tert-OH is 1. The van der Waals surface area contributed by atoms with E-state index in [1.165, 1.54) is 5.69 Å². The molecule has 1 unspecified atom stereocenters. The zero-order chi connectivity index (χ0) is 22.9. The van der Waals surface area contributed by atoms with Gasteiger partial charge in [-0.1, -0.05) is 12.2 Å². The summed E-state index contributed by atoms with van der Waals surface area (Å²) in [5.74, 6) is 2.62. The van der Waals surface area contributed by atoms with Crippen LogP contribution in [-0.2, 0) is 0 Å². The Morgan fingerprint density at radius 2 is 1.44 bits per heavy atom. The third-order valence-electron chi connectivity index (χ3n) is 5.75. The Kier molecular flexibility index (Phi) is 13.0. The van der Waals surface area contributed by atoms with Crippen LogP contribution < -0.4 is 23.8 Å². The van der Waals surface area contributed by atoms with Crippen LogP contribution in [-0.4, -0.2) is 77.3 Å². The van der Waals surface area contributed by atoms with Crippen molar-refractivity contribution in [2.24, 2.45) is 0 Å². The molecule has 190 valence electrons. The Labute approximate surface area is 215 Å². The van der Waals surface area contributed by atoms with Crippen molar-refractivity contribution in [3.05, 3.63) is 48.0 Å². The number of nitrogens with zero attached hydrogens (tertiary/aromatic N) is 2. The molecule has 1 aliphatic rings. The minimum atomic E-state index is -0.520. The van der Waals surface area contributed by atoms with Crippen LogP contribution in [0.15, 0.2) is 42.5 Å². The molecule has 9 heteroatoms. The van der Waals surface area contributed by atoms with Crippen LogP contribution in [0.1, 0.15) is 12.0 Å². The van der Waals surface area contributed by atoms with Crippen molar-refractivity contribution in [1.29, 1.82) is 0 Å². The van der Waals surface area contributed by atoms with Gasteiger partial charge in [0.05, 0.1) is 34.5 Å². The average molecular weight is 515 g/mol. The number of anilines is 1. The van der Waals surface area contributed by atoms with Crippen LogP contribution in [0.3, 0.4) is 0 Å². The maximum atomic E-state index is 10.5. The van der Waals surface area contributed by atoms with Crippen molar-refractivity contribution < 1.29 is 24.1 Å². The highest BCUT2D eigenvalue weighted by molar-refractivity contribution is 5.85. The Balaban J connectivity index is 0.00000289. The van der Waals surface area contributed by atoms with Crippen LogP contribution in [0, 0.1) is 0 Å². The molecular weight excluding hydrogens is 479 g/mol. The lowest BCUT2D eigenvalue weighted by molar-refractivity contribution is 0.174. The second-order valence-corrected chi connectivity index (χ2v) is 7.70. The van der Waals surface area contributed by atoms with E-state index in [0.717, 1.165) is 44.0 Å². The second-order valence-electron chi connectivity index (χ2n) is 7.70. The third kappa shape index (κ3) is 7.87. The molecule has 3 rings (SSSR count). The van der Waals surface area contributed by atoms with Crippen LogP contribution in [0.25, 0.3) is 6.08 Å². The van der Waals surface area contributed by atoms with Gasteiger partial charge in [-0.05, 0) is 48.4 Å². The number of rotatable bonds is 10. The predicted molar refractivity (Wildman–Crippen MR) is 142 cm³/mol. The number of benzene rings is 2. The van der Waals surface area contributed by atoms with Gasteiger partial charge in [0, 0.05) is 38.4 Å². The molecule has 0 spiro atoms. The van der Waals surface area contributed by atoms with E-state index in [-0.39, 0.29) is 24.8 Å². The van der Waals surface area contributed by atoms with Gasteiger partial charge in [-0.3, -0.25) is 4.90 Å². The molecular formula is C25H36Cl2N2O5. The highest BCUT2D eigenvalue weighted by atomic mass is 35.5. The van der Waals surface area contributed by atoms with Crippen LogP contribution in [0.2, 0.25) is 0 Å². The van der Waals surface area contributed by atoms with Gasteiger partial charge >= 0.3 is 0 Å². The Morgan fingerprint density at radius 3 is 1.94 bits per heavy atom. The molecule has 1 aliphatic heterocycles. The van der Waals surface area contributed by atoms with E-state index in [9.17, 15) is 5.11 Å². The summed E-state index contributed by atoms with van der Waals surface area (Å²) in [6.07, 6.45) is 3.86. The molecule has 0 amide bonds. The van der Waals surface area contributed by atoms with E-state index in [4.69, 9.17) is 18.9 Å². The van der Waals surface area contributed by atoms with E-state index in [1.807, 2.05) is 36.4 Å². The molecule has 0 radical (unpaired) electrons. The molecule has 0 aliphatic carbocycles. The van der Waals surface area contributed by atoms with Crippen LogP contribution >= 0.6 is 24.8 Å². The monoisotopic (exact) mass is 514 g/mol. The first-order valence-corrected chi connectivity index (χ1v) is 10.9. The van der Waals surface area contributed by atoms with Crippen molar-refractivity contribution in [1.82, 2.24) is 4.90 Å². The van der Waals surface area contributed by atoms with Crippen molar-refractivity contribution in [2.75, 3.05) is 66.1 Å². The van der Waals surface area contributed by atoms with E-state index in [2.05, 4.69) is 21.9 Å². The fourth-order valence-electron chi connectivity index (χ4n) is 3.85. The summed E-state index contributed by atoms with van der Waals surface area (Å²) >= 11 is 0. The van der Waals surface area contributed by atoms with Crippen molar-refractivity contribution >= 4 is 36.6 Å². The summed E-state index contributed by atoms with van der Waals surface area (Å²) < 4.78 is 21.4. The molecule has 1 saturated heterocycles. The van der Waals surface area contributed by atoms with Gasteiger partial charge in [-0.25, -0.2) is 0 Å². The highest BCUT2D eigenvalue weighted by Gasteiger charge is 2.18. The van der Waals surface area contributed by atoms with Gasteiger partial charge in [-0.2, -0.15) is 0 Å². The summed E-state index contributed by atoms with van der Waals surface area (Å²) in [4.78, 5) is 4.78. The zero-order valence-electron chi connectivity index (χ0n) is 20.2. The highest BCUT2D eigenvalue weighted by Crippen LogP contribution is 2.38. The number of hydrogen-bond acceptors (Lipinski definition) is 7. The molecule has 0 bridgehead atoms. The lowest BCUT2D eigenvalue weighted by atomic mass is 10.1. The van der Waals surface area contributed by atoms with Gasteiger partial charge in [0.2, 0.25) is 5.75 Å². The van der Waals surface area contributed by atoms with E-state index in [1.54, 1.807) is 28.4 Å². The van der Waals surface area contributed by atoms with Crippen LogP contribution in [0.5, 0.6) is 23.0 Å². The second kappa shape index (κ2) is 14.8. The van der Waals surface area contributed by atoms with Crippen LogP contribution in [0.4, 0.5) is 5.69 Å². The van der Waals surface area contributed by atoms with Crippen molar-refractivity contribution in [3.8, 4) is 23.0 Å². The first-order valence-electron chi connectivity index (χ1n) is 10.9. The minimum Gasteiger partial charge on any atom is -0.497 e. The number of piperazine rings is 1. The summed E-state index contributed by atoms with van der Waals surface area (Å²) in [5, 5.41) is 10.5. The van der Waals surface area contributed by atoms with Gasteiger partial charge in [0.15, 0.2) is 11.5 Å². The lowest BCUT2D eigenvalue weighted by Crippen LogP contribution is -2.47. The molecule has 2 aromatic rings. The zero-order valence-corrected chi connectivity index (χ0v) is 21.9. The number of halogens is 2. The van der Waals surface area contributed by atoms with E-state index >= 15 is 0 Å². The summed E-state index contributed by atoms with van der Waals surface area (Å²) in [5.41, 5.74) is 2.10. The molecule has 0 aromatic heterocycles. The minimum absolute atomic E-state index is 0. The Morgan fingerprint density at radius 1 is 0.853 bits per heavy atom. The van der Waals surface area contributed by atoms with Gasteiger partial charge in [0.25, 0.3) is 0 Å². The summed E-state index contributed by atoms with van der Waals surface area (Å²) in [7, 11) is 6.45. The third-order valence-corrected chi connectivity index (χ3v) is 5.75. The quantitative estimate of drug-likeness (QED) is 0.510. The maximum absolute atomic E-state index is 10.5. The maximum Gasteiger partial charge on any atom is 0.203 e. The summed E-state index contributed by atoms with van der Waals surface area (Å²) in [6, 6.07) is 11.9. The SMILES string of the molecule is COc1ccc(N2CCN(CCC(O)/C=C/c3cc(OC)c(OC)c(OC)c3)CC2)cc1.Cl.Cl. The molecule has 1 N–H and O–H groups in total. The first-order chi connectivity index (χ1) is 15.6. The Hall–Kier alpha value is -2.32. The van der Waals surface area contributed by atoms with Gasteiger partial charge in [0.1, 0.15) is 5.75 Å². The number of aliphatic hydroxyl groups is 1. The molecule has 0 saturated carbocycles. The fourth-order valence-corrected chi connectivity index (χ4v) is 3.85. The number of ether oxygens (including phenoxy) is 4. The molecule has 7 nitrogen and oxygen atoms in total. The molecule has 1 fully saturated rings. The van der Waals surface area contributed by atoms with E-state index < -0.39 is 6.10 Å². The van der Waals surface area contributed by atoms with Crippen molar-refractivity contribution in [2.45, 2.75) is 12.5 Å². The van der Waals surface area contributed by atoms with E-state index in [0.29, 0.717) is 23.7 Å².